The molecule has 166 valence electrons. The summed E-state index contributed by atoms with van der Waals surface area (Å²) in [7, 11) is 2.15. The van der Waals surface area contributed by atoms with Crippen LogP contribution >= 0.6 is 0 Å². The van der Waals surface area contributed by atoms with E-state index in [1.54, 1.807) is 0 Å². The van der Waals surface area contributed by atoms with Gasteiger partial charge < -0.3 is 20.0 Å². The lowest BCUT2D eigenvalue weighted by Crippen LogP contribution is -2.45. The summed E-state index contributed by atoms with van der Waals surface area (Å²) in [5, 5.41) is 12.2. The second-order valence-electron chi connectivity index (χ2n) is 9.09. The summed E-state index contributed by atoms with van der Waals surface area (Å²) in [6.07, 6.45) is 1.88. The summed E-state index contributed by atoms with van der Waals surface area (Å²) in [5.41, 5.74) is 4.40. The molecule has 0 radical (unpaired) electrons. The Labute approximate surface area is 185 Å². The van der Waals surface area contributed by atoms with Gasteiger partial charge in [0, 0.05) is 45.0 Å². The minimum atomic E-state index is -0.0482. The minimum absolute atomic E-state index is 0.0482. The van der Waals surface area contributed by atoms with Crippen LogP contribution in [0.2, 0.25) is 0 Å². The van der Waals surface area contributed by atoms with Gasteiger partial charge in [0.25, 0.3) is 0 Å². The largest absolute Gasteiger partial charge is 0.354 e. The van der Waals surface area contributed by atoms with Crippen molar-refractivity contribution in [1.82, 2.24) is 15.1 Å². The maximum absolute atomic E-state index is 13.0. The third-order valence-corrected chi connectivity index (χ3v) is 6.51. The Balaban J connectivity index is 1.40. The van der Waals surface area contributed by atoms with E-state index in [9.17, 15) is 4.79 Å². The van der Waals surface area contributed by atoms with Crippen molar-refractivity contribution in [2.45, 2.75) is 33.6 Å². The second-order valence-corrected chi connectivity index (χ2v) is 9.09. The predicted molar refractivity (Wildman–Crippen MR) is 126 cm³/mol. The van der Waals surface area contributed by atoms with Gasteiger partial charge in [0.1, 0.15) is 0 Å². The molecule has 1 atom stereocenters. The Morgan fingerprint density at radius 1 is 0.935 bits per heavy atom. The molecular formula is C24H34N6O. The number of aromatic nitrogens is 2. The van der Waals surface area contributed by atoms with Crippen LogP contribution in [0, 0.1) is 26.7 Å². The van der Waals surface area contributed by atoms with Crippen LogP contribution in [0.25, 0.3) is 0 Å². The molecule has 2 aliphatic heterocycles. The normalized spacial score (nSPS) is 20.1. The number of carbonyl (C=O) groups is 1. The van der Waals surface area contributed by atoms with E-state index in [2.05, 4.69) is 82.3 Å². The van der Waals surface area contributed by atoms with Crippen LogP contribution in [0.1, 0.15) is 29.5 Å². The van der Waals surface area contributed by atoms with Crippen LogP contribution in [0.4, 0.5) is 17.3 Å². The lowest BCUT2D eigenvalue weighted by Gasteiger charge is -2.34. The molecule has 4 rings (SSSR count). The van der Waals surface area contributed by atoms with Crippen LogP contribution in [0.3, 0.4) is 0 Å². The molecule has 2 aromatic rings. The highest BCUT2D eigenvalue weighted by Gasteiger charge is 2.27. The van der Waals surface area contributed by atoms with Gasteiger partial charge in [0.15, 0.2) is 11.6 Å². The molecule has 0 spiro atoms. The topological polar surface area (TPSA) is 64.6 Å². The van der Waals surface area contributed by atoms with Crippen molar-refractivity contribution >= 4 is 23.2 Å². The molecule has 0 saturated carbocycles. The Hall–Kier alpha value is -2.67. The first kappa shape index (κ1) is 21.6. The number of benzene rings is 1. The number of likely N-dealkylation sites (N-methyl/N-ethyl adjacent to an activating group) is 1. The SMILES string of the molecule is Cc1cc(C)c(NC(=O)C2CCCN(c3ccc(N4CCN(C)CC4)nn3)C2)c(C)c1. The highest BCUT2D eigenvalue weighted by atomic mass is 16.1. The molecule has 3 heterocycles. The monoisotopic (exact) mass is 422 g/mol. The third kappa shape index (κ3) is 4.98. The molecule has 1 aromatic carbocycles. The molecule has 2 fully saturated rings. The van der Waals surface area contributed by atoms with E-state index in [-0.39, 0.29) is 11.8 Å². The molecule has 1 unspecified atom stereocenters. The van der Waals surface area contributed by atoms with E-state index in [0.717, 1.165) is 74.0 Å². The summed E-state index contributed by atoms with van der Waals surface area (Å²) in [4.78, 5) is 19.9. The zero-order valence-corrected chi connectivity index (χ0v) is 19.2. The quantitative estimate of drug-likeness (QED) is 0.817. The van der Waals surface area contributed by atoms with Gasteiger partial charge in [-0.1, -0.05) is 17.7 Å². The van der Waals surface area contributed by atoms with Crippen LogP contribution < -0.4 is 15.1 Å². The van der Waals surface area contributed by atoms with E-state index in [4.69, 9.17) is 0 Å². The highest BCUT2D eigenvalue weighted by Crippen LogP contribution is 2.26. The number of piperazine rings is 1. The van der Waals surface area contributed by atoms with Crippen LogP contribution in [-0.4, -0.2) is 67.3 Å². The molecule has 1 amide bonds. The number of hydrogen-bond donors (Lipinski definition) is 1. The van der Waals surface area contributed by atoms with E-state index in [1.165, 1.54) is 5.56 Å². The second kappa shape index (κ2) is 9.22. The summed E-state index contributed by atoms with van der Waals surface area (Å²) >= 11 is 0. The zero-order valence-electron chi connectivity index (χ0n) is 19.2. The number of hydrogen-bond acceptors (Lipinski definition) is 6. The molecule has 31 heavy (non-hydrogen) atoms. The average Bonchev–Trinajstić information content (AvgIpc) is 2.77. The number of anilines is 3. The van der Waals surface area contributed by atoms with Crippen molar-refractivity contribution in [3.05, 3.63) is 41.0 Å². The maximum atomic E-state index is 13.0. The Bertz CT molecular complexity index is 897. The van der Waals surface area contributed by atoms with Gasteiger partial charge in [-0.3, -0.25) is 4.79 Å². The molecular weight excluding hydrogens is 388 g/mol. The molecule has 2 saturated heterocycles. The summed E-state index contributed by atoms with van der Waals surface area (Å²) in [6.45, 7) is 11.8. The van der Waals surface area contributed by atoms with Gasteiger partial charge in [0.05, 0.1) is 5.92 Å². The number of piperidine rings is 1. The number of rotatable bonds is 4. The van der Waals surface area contributed by atoms with Gasteiger partial charge in [-0.2, -0.15) is 0 Å². The number of aryl methyl sites for hydroxylation is 3. The van der Waals surface area contributed by atoms with Crippen LogP contribution in [-0.2, 0) is 4.79 Å². The van der Waals surface area contributed by atoms with Crippen molar-refractivity contribution in [1.29, 1.82) is 0 Å². The molecule has 7 nitrogen and oxygen atoms in total. The van der Waals surface area contributed by atoms with E-state index in [0.29, 0.717) is 6.54 Å². The molecule has 1 aromatic heterocycles. The van der Waals surface area contributed by atoms with E-state index in [1.807, 2.05) is 0 Å². The Kier molecular flexibility index (Phi) is 6.41. The predicted octanol–water partition coefficient (Wildman–Crippen LogP) is 3.01. The number of carbonyl (C=O) groups excluding carboxylic acids is 1. The minimum Gasteiger partial charge on any atom is -0.354 e. The molecule has 7 heteroatoms. The zero-order chi connectivity index (χ0) is 22.0. The van der Waals surface area contributed by atoms with Gasteiger partial charge in [-0.05, 0) is 63.9 Å². The van der Waals surface area contributed by atoms with Gasteiger partial charge in [-0.25, -0.2) is 0 Å². The van der Waals surface area contributed by atoms with Crippen molar-refractivity contribution in [2.75, 3.05) is 61.4 Å². The van der Waals surface area contributed by atoms with E-state index >= 15 is 0 Å². The summed E-state index contributed by atoms with van der Waals surface area (Å²) in [6, 6.07) is 8.35. The lowest BCUT2D eigenvalue weighted by molar-refractivity contribution is -0.120. The highest BCUT2D eigenvalue weighted by molar-refractivity contribution is 5.94. The fourth-order valence-electron chi connectivity index (χ4n) is 4.69. The van der Waals surface area contributed by atoms with Crippen molar-refractivity contribution in [2.24, 2.45) is 5.92 Å². The number of amides is 1. The molecule has 1 N–H and O–H groups in total. The summed E-state index contributed by atoms with van der Waals surface area (Å²) < 4.78 is 0. The fraction of sp³-hybridized carbons (Fsp3) is 0.542. The Morgan fingerprint density at radius 3 is 2.16 bits per heavy atom. The fourth-order valence-corrected chi connectivity index (χ4v) is 4.69. The number of nitrogens with one attached hydrogen (secondary N) is 1. The standard InChI is InChI=1S/C24H34N6O/c1-17-14-18(2)23(19(3)15-17)25-24(31)20-6-5-9-30(16-20)22-8-7-21(26-27-22)29-12-10-28(4)11-13-29/h7-8,14-15,20H,5-6,9-13,16H2,1-4H3,(H,25,31). The molecule has 0 bridgehead atoms. The first-order valence-corrected chi connectivity index (χ1v) is 11.3. The molecule has 2 aliphatic rings. The van der Waals surface area contributed by atoms with Crippen LogP contribution in [0.15, 0.2) is 24.3 Å². The van der Waals surface area contributed by atoms with Gasteiger partial charge in [-0.15, -0.1) is 10.2 Å². The maximum Gasteiger partial charge on any atom is 0.229 e. The van der Waals surface area contributed by atoms with Gasteiger partial charge in [0.2, 0.25) is 5.91 Å². The van der Waals surface area contributed by atoms with Crippen molar-refractivity contribution in [3.63, 3.8) is 0 Å². The number of nitrogens with zero attached hydrogens (tertiary/aromatic N) is 5. The first-order chi connectivity index (χ1) is 14.9. The van der Waals surface area contributed by atoms with Gasteiger partial charge >= 0.3 is 0 Å². The van der Waals surface area contributed by atoms with Crippen LogP contribution in [0.5, 0.6) is 0 Å². The summed E-state index contributed by atoms with van der Waals surface area (Å²) in [5.74, 6) is 1.85. The smallest absolute Gasteiger partial charge is 0.229 e. The molecule has 0 aliphatic carbocycles. The van der Waals surface area contributed by atoms with Crippen molar-refractivity contribution < 1.29 is 4.79 Å². The lowest BCUT2D eigenvalue weighted by atomic mass is 9.96. The average molecular weight is 423 g/mol. The third-order valence-electron chi connectivity index (χ3n) is 6.51. The van der Waals surface area contributed by atoms with E-state index < -0.39 is 0 Å². The first-order valence-electron chi connectivity index (χ1n) is 11.3. The van der Waals surface area contributed by atoms with Crippen molar-refractivity contribution in [3.8, 4) is 0 Å². The Morgan fingerprint density at radius 2 is 1.55 bits per heavy atom.